The van der Waals surface area contributed by atoms with Crippen molar-refractivity contribution in [3.8, 4) is 0 Å². The molecule has 90 valence electrons. The van der Waals surface area contributed by atoms with E-state index in [-0.39, 0.29) is 5.41 Å². The largest absolute Gasteiger partial charge is 0.469 e. The van der Waals surface area contributed by atoms with Crippen LogP contribution in [0.25, 0.3) is 0 Å². The molecule has 0 fully saturated rings. The number of aliphatic hydroxyl groups is 1. The Morgan fingerprint density at radius 1 is 1.12 bits per heavy atom. The van der Waals surface area contributed by atoms with E-state index in [0.29, 0.717) is 6.42 Å². The summed E-state index contributed by atoms with van der Waals surface area (Å²) in [6, 6.07) is 13.8. The smallest absolute Gasteiger partial charge is 0.106 e. The van der Waals surface area contributed by atoms with E-state index >= 15 is 0 Å². The van der Waals surface area contributed by atoms with E-state index in [9.17, 15) is 5.11 Å². The predicted molar refractivity (Wildman–Crippen MR) is 67.9 cm³/mol. The van der Waals surface area contributed by atoms with Gasteiger partial charge in [0.25, 0.3) is 0 Å². The normalized spacial score (nSPS) is 13.6. The molecular formula is C15H18O2. The molecule has 0 aliphatic carbocycles. The number of benzene rings is 1. The Balaban J connectivity index is 2.15. The Morgan fingerprint density at radius 3 is 2.41 bits per heavy atom. The van der Waals surface area contributed by atoms with Gasteiger partial charge < -0.3 is 9.52 Å². The summed E-state index contributed by atoms with van der Waals surface area (Å²) in [5.41, 5.74) is 0.854. The van der Waals surface area contributed by atoms with E-state index in [1.165, 1.54) is 0 Å². The molecule has 2 heteroatoms. The van der Waals surface area contributed by atoms with Crippen LogP contribution in [0.5, 0.6) is 0 Å². The van der Waals surface area contributed by atoms with Crippen LogP contribution in [0.4, 0.5) is 0 Å². The lowest BCUT2D eigenvalue weighted by Crippen LogP contribution is -2.35. The Bertz CT molecular complexity index is 443. The van der Waals surface area contributed by atoms with Gasteiger partial charge in [-0.15, -0.1) is 0 Å². The summed E-state index contributed by atoms with van der Waals surface area (Å²) in [6.45, 7) is 4.10. The number of hydrogen-bond acceptors (Lipinski definition) is 2. The first-order valence-electron chi connectivity index (χ1n) is 5.86. The second-order valence-electron chi connectivity index (χ2n) is 4.89. The highest BCUT2D eigenvalue weighted by Gasteiger charge is 2.30. The number of hydrogen-bond donors (Lipinski definition) is 1. The molecular weight excluding hydrogens is 212 g/mol. The van der Waals surface area contributed by atoms with Crippen molar-refractivity contribution in [2.45, 2.75) is 31.8 Å². The average molecular weight is 230 g/mol. The van der Waals surface area contributed by atoms with Gasteiger partial charge in [-0.25, -0.2) is 0 Å². The van der Waals surface area contributed by atoms with Gasteiger partial charge in [-0.1, -0.05) is 44.2 Å². The molecule has 0 spiro atoms. The molecule has 1 aromatic heterocycles. The minimum Gasteiger partial charge on any atom is -0.469 e. The van der Waals surface area contributed by atoms with Crippen LogP contribution in [-0.4, -0.2) is 11.2 Å². The summed E-state index contributed by atoms with van der Waals surface area (Å²) in [7, 11) is 0. The van der Waals surface area contributed by atoms with Crippen LogP contribution in [0.1, 0.15) is 25.2 Å². The molecule has 0 saturated heterocycles. The third kappa shape index (κ3) is 2.59. The molecule has 2 nitrogen and oxygen atoms in total. The summed E-state index contributed by atoms with van der Waals surface area (Å²) in [4.78, 5) is 0. The van der Waals surface area contributed by atoms with Crippen LogP contribution >= 0.6 is 0 Å². The van der Waals surface area contributed by atoms with Crippen molar-refractivity contribution in [3.05, 3.63) is 60.1 Å². The minimum atomic E-state index is -0.462. The van der Waals surface area contributed by atoms with Crippen LogP contribution < -0.4 is 0 Å². The molecule has 2 rings (SSSR count). The molecule has 0 bridgehead atoms. The fraction of sp³-hybridized carbons (Fsp3) is 0.333. The maximum atomic E-state index is 10.3. The standard InChI is InChI=1S/C15H18O2/c1-15(2,12-7-4-3-5-8-12)14(16)11-13-9-6-10-17-13/h3-10,14,16H,11H2,1-2H3. The third-order valence-corrected chi connectivity index (χ3v) is 3.33. The van der Waals surface area contributed by atoms with E-state index in [2.05, 4.69) is 13.8 Å². The van der Waals surface area contributed by atoms with Crippen LogP contribution in [-0.2, 0) is 11.8 Å². The fourth-order valence-corrected chi connectivity index (χ4v) is 1.93. The molecule has 0 saturated carbocycles. The van der Waals surface area contributed by atoms with E-state index in [4.69, 9.17) is 4.42 Å². The molecule has 1 heterocycles. The summed E-state index contributed by atoms with van der Waals surface area (Å²) in [6.07, 6.45) is 1.71. The SMILES string of the molecule is CC(C)(c1ccccc1)C(O)Cc1ccco1. The molecule has 1 atom stereocenters. The summed E-state index contributed by atoms with van der Waals surface area (Å²) >= 11 is 0. The summed E-state index contributed by atoms with van der Waals surface area (Å²) in [5, 5.41) is 10.3. The second kappa shape index (κ2) is 4.76. The summed E-state index contributed by atoms with van der Waals surface area (Å²) < 4.78 is 5.28. The number of aliphatic hydroxyl groups excluding tert-OH is 1. The van der Waals surface area contributed by atoms with E-state index < -0.39 is 6.10 Å². The molecule has 17 heavy (non-hydrogen) atoms. The van der Waals surface area contributed by atoms with Crippen molar-refractivity contribution in [2.75, 3.05) is 0 Å². The highest BCUT2D eigenvalue weighted by Crippen LogP contribution is 2.28. The monoisotopic (exact) mass is 230 g/mol. The molecule has 2 aromatic rings. The van der Waals surface area contributed by atoms with Gasteiger partial charge in [0.2, 0.25) is 0 Å². The van der Waals surface area contributed by atoms with Crippen LogP contribution in [0.15, 0.2) is 53.1 Å². The van der Waals surface area contributed by atoms with Gasteiger partial charge in [0.1, 0.15) is 5.76 Å². The van der Waals surface area contributed by atoms with Crippen molar-refractivity contribution in [3.63, 3.8) is 0 Å². The van der Waals surface area contributed by atoms with Crippen molar-refractivity contribution < 1.29 is 9.52 Å². The number of furan rings is 1. The highest BCUT2D eigenvalue weighted by molar-refractivity contribution is 5.25. The molecule has 0 amide bonds. The van der Waals surface area contributed by atoms with Gasteiger partial charge in [0.05, 0.1) is 12.4 Å². The molecule has 1 N–H and O–H groups in total. The van der Waals surface area contributed by atoms with Crippen molar-refractivity contribution in [1.82, 2.24) is 0 Å². The minimum absolute atomic E-state index is 0.284. The van der Waals surface area contributed by atoms with E-state index in [0.717, 1.165) is 11.3 Å². The van der Waals surface area contributed by atoms with Crippen LogP contribution in [0, 0.1) is 0 Å². The Hall–Kier alpha value is -1.54. The van der Waals surface area contributed by atoms with Gasteiger partial charge in [-0.2, -0.15) is 0 Å². The quantitative estimate of drug-likeness (QED) is 0.875. The van der Waals surface area contributed by atoms with Crippen LogP contribution in [0.3, 0.4) is 0 Å². The highest BCUT2D eigenvalue weighted by atomic mass is 16.3. The first-order chi connectivity index (χ1) is 8.10. The first kappa shape index (κ1) is 11.9. The lowest BCUT2D eigenvalue weighted by molar-refractivity contribution is 0.0946. The van der Waals surface area contributed by atoms with Gasteiger partial charge in [-0.3, -0.25) is 0 Å². The zero-order valence-electron chi connectivity index (χ0n) is 10.3. The van der Waals surface area contributed by atoms with Gasteiger partial charge in [0, 0.05) is 11.8 Å². The van der Waals surface area contributed by atoms with Crippen molar-refractivity contribution in [1.29, 1.82) is 0 Å². The summed E-state index contributed by atoms with van der Waals surface area (Å²) in [5.74, 6) is 0.821. The lowest BCUT2D eigenvalue weighted by Gasteiger charge is -2.30. The molecule has 1 aromatic carbocycles. The Labute approximate surface area is 102 Å². The number of rotatable bonds is 4. The van der Waals surface area contributed by atoms with Gasteiger partial charge >= 0.3 is 0 Å². The molecule has 0 aliphatic heterocycles. The third-order valence-electron chi connectivity index (χ3n) is 3.33. The lowest BCUT2D eigenvalue weighted by atomic mass is 9.78. The average Bonchev–Trinajstić information content (AvgIpc) is 2.83. The maximum absolute atomic E-state index is 10.3. The molecule has 0 aliphatic rings. The second-order valence-corrected chi connectivity index (χ2v) is 4.89. The first-order valence-corrected chi connectivity index (χ1v) is 5.86. The maximum Gasteiger partial charge on any atom is 0.106 e. The van der Waals surface area contributed by atoms with Gasteiger partial charge in [0.15, 0.2) is 0 Å². The molecule has 1 unspecified atom stereocenters. The van der Waals surface area contributed by atoms with Crippen molar-refractivity contribution in [2.24, 2.45) is 0 Å². The zero-order chi connectivity index (χ0) is 12.3. The van der Waals surface area contributed by atoms with E-state index in [1.54, 1.807) is 6.26 Å². The topological polar surface area (TPSA) is 33.4 Å². The molecule has 0 radical (unpaired) electrons. The van der Waals surface area contributed by atoms with Crippen LogP contribution in [0.2, 0.25) is 0 Å². The Kier molecular flexibility index (Phi) is 3.34. The zero-order valence-corrected chi connectivity index (χ0v) is 10.3. The van der Waals surface area contributed by atoms with Crippen molar-refractivity contribution >= 4 is 0 Å². The fourth-order valence-electron chi connectivity index (χ4n) is 1.93. The van der Waals surface area contributed by atoms with Gasteiger partial charge in [-0.05, 0) is 17.7 Å². The van der Waals surface area contributed by atoms with E-state index in [1.807, 2.05) is 42.5 Å². The predicted octanol–water partition coefficient (Wildman–Crippen LogP) is 3.16. The Morgan fingerprint density at radius 2 is 1.82 bits per heavy atom.